The average molecular weight is 505 g/mol. The molecule has 0 aliphatic carbocycles. The number of hydrogen-bond donors (Lipinski definition) is 2. The van der Waals surface area contributed by atoms with E-state index in [0.29, 0.717) is 0 Å². The van der Waals surface area contributed by atoms with E-state index in [2.05, 4.69) is 29.2 Å². The third-order valence-electron chi connectivity index (χ3n) is 2.73. The van der Waals surface area contributed by atoms with E-state index in [-0.39, 0.29) is 25.9 Å². The Morgan fingerprint density at radius 3 is 2.43 bits per heavy atom. The summed E-state index contributed by atoms with van der Waals surface area (Å²) in [5, 5.41) is 18.1. The Balaban J connectivity index is 0.000000287. The van der Waals surface area contributed by atoms with Gasteiger partial charge in [0.1, 0.15) is 0 Å². The van der Waals surface area contributed by atoms with Gasteiger partial charge < -0.3 is 15.2 Å². The Kier molecular flexibility index (Phi) is 8.13. The standard InChI is InChI=1S/C13H8NS.C5H10O2.Ir/c1-2-7-12-10(5-1)9-13(15-12)11-6-3-4-8-14-11;1-4(6)3-5(2)7;/h1-8H;3-4,6-7H,1-2H3;/q-1;;/b;5-3-;/t;4-;/m.0./s1. The van der Waals surface area contributed by atoms with Gasteiger partial charge in [-0.1, -0.05) is 24.3 Å². The van der Waals surface area contributed by atoms with Crippen LogP contribution < -0.4 is 0 Å². The molecule has 3 rings (SSSR count). The van der Waals surface area contributed by atoms with E-state index in [0.717, 1.165) is 10.6 Å². The van der Waals surface area contributed by atoms with Gasteiger partial charge in [0.15, 0.2) is 0 Å². The molecular formula is C18H18IrNO2S-. The largest absolute Gasteiger partial charge is 0.513 e. The van der Waals surface area contributed by atoms with Crippen molar-refractivity contribution >= 4 is 21.4 Å². The Hall–Kier alpha value is -1.52. The topological polar surface area (TPSA) is 53.4 Å². The van der Waals surface area contributed by atoms with Crippen LogP contribution in [-0.2, 0) is 20.1 Å². The smallest absolute Gasteiger partial charge is 0.0877 e. The number of aliphatic hydroxyl groups is 2. The van der Waals surface area contributed by atoms with Crippen LogP contribution in [0.15, 0.2) is 60.5 Å². The van der Waals surface area contributed by atoms with Crippen molar-refractivity contribution < 1.29 is 30.3 Å². The SMILES string of the molecule is C/C(O)=C/[C@H](C)O.[Ir].[c-]1c(-c2ccccn2)sc2ccccc12. The molecular weight excluding hydrogens is 486 g/mol. The van der Waals surface area contributed by atoms with Crippen molar-refractivity contribution in [1.82, 2.24) is 4.98 Å². The predicted octanol–water partition coefficient (Wildman–Crippen LogP) is 4.59. The van der Waals surface area contributed by atoms with Crippen LogP contribution >= 0.6 is 11.3 Å². The van der Waals surface area contributed by atoms with Gasteiger partial charge in [-0.2, -0.15) is 0 Å². The molecule has 5 heteroatoms. The zero-order chi connectivity index (χ0) is 15.9. The van der Waals surface area contributed by atoms with Crippen LogP contribution in [0.3, 0.4) is 0 Å². The van der Waals surface area contributed by atoms with Gasteiger partial charge >= 0.3 is 0 Å². The quantitative estimate of drug-likeness (QED) is 0.397. The zero-order valence-electron chi connectivity index (χ0n) is 12.9. The minimum absolute atomic E-state index is 0. The van der Waals surface area contributed by atoms with Crippen molar-refractivity contribution in [2.24, 2.45) is 0 Å². The first kappa shape index (κ1) is 19.5. The number of hydrogen-bond acceptors (Lipinski definition) is 4. The summed E-state index contributed by atoms with van der Waals surface area (Å²) in [6.07, 6.45) is 2.64. The molecule has 0 spiro atoms. The molecule has 2 heterocycles. The van der Waals surface area contributed by atoms with E-state index in [1.165, 1.54) is 23.1 Å². The van der Waals surface area contributed by atoms with Crippen LogP contribution in [0.4, 0.5) is 0 Å². The fourth-order valence-electron chi connectivity index (χ4n) is 1.88. The van der Waals surface area contributed by atoms with Gasteiger partial charge in [0.2, 0.25) is 0 Å². The molecule has 23 heavy (non-hydrogen) atoms. The van der Waals surface area contributed by atoms with Crippen LogP contribution in [0.5, 0.6) is 0 Å². The van der Waals surface area contributed by atoms with Gasteiger partial charge in [0.05, 0.1) is 11.9 Å². The molecule has 0 saturated carbocycles. The summed E-state index contributed by atoms with van der Waals surface area (Å²) in [6, 6.07) is 17.6. The van der Waals surface area contributed by atoms with E-state index in [9.17, 15) is 0 Å². The van der Waals surface area contributed by atoms with E-state index in [1.54, 1.807) is 18.3 Å². The number of thiophene rings is 1. The molecule has 3 nitrogen and oxygen atoms in total. The third kappa shape index (κ3) is 6.24. The van der Waals surface area contributed by atoms with Gasteiger partial charge in [0.25, 0.3) is 0 Å². The summed E-state index contributed by atoms with van der Waals surface area (Å²) in [5.74, 6) is 0.162. The monoisotopic (exact) mass is 505 g/mol. The van der Waals surface area contributed by atoms with Crippen LogP contribution in [0.1, 0.15) is 13.8 Å². The maximum atomic E-state index is 8.49. The molecule has 2 N–H and O–H groups in total. The molecule has 1 atom stereocenters. The second-order valence-electron chi connectivity index (χ2n) is 4.82. The molecule has 0 bridgehead atoms. The molecule has 3 aromatic rings. The predicted molar refractivity (Wildman–Crippen MR) is 92.0 cm³/mol. The normalized spacial score (nSPS) is 12.0. The first-order valence-electron chi connectivity index (χ1n) is 6.94. The summed E-state index contributed by atoms with van der Waals surface area (Å²) in [7, 11) is 0. The van der Waals surface area contributed by atoms with Crippen LogP contribution in [0.25, 0.3) is 20.7 Å². The van der Waals surface area contributed by atoms with Crippen LogP contribution in [0, 0.1) is 6.07 Å². The maximum absolute atomic E-state index is 8.49. The molecule has 1 aromatic carbocycles. The molecule has 0 amide bonds. The van der Waals surface area contributed by atoms with Gasteiger partial charge in [-0.15, -0.1) is 23.6 Å². The average Bonchev–Trinajstić information content (AvgIpc) is 2.91. The Morgan fingerprint density at radius 2 is 1.91 bits per heavy atom. The third-order valence-corrected chi connectivity index (χ3v) is 3.82. The molecule has 0 saturated heterocycles. The molecule has 0 fully saturated rings. The van der Waals surface area contributed by atoms with Crippen LogP contribution in [0.2, 0.25) is 0 Å². The van der Waals surface area contributed by atoms with E-state index >= 15 is 0 Å². The molecule has 0 aliphatic rings. The number of benzene rings is 1. The molecule has 2 aromatic heterocycles. The van der Waals surface area contributed by atoms with Crippen molar-refractivity contribution in [3.63, 3.8) is 0 Å². The van der Waals surface area contributed by atoms with Crippen LogP contribution in [-0.4, -0.2) is 21.3 Å². The molecule has 1 radical (unpaired) electrons. The minimum Gasteiger partial charge on any atom is -0.513 e. The number of nitrogens with zero attached hydrogens (tertiary/aromatic N) is 1. The van der Waals surface area contributed by atoms with Crippen molar-refractivity contribution in [2.45, 2.75) is 20.0 Å². The Bertz CT molecular complexity index is 717. The van der Waals surface area contributed by atoms with Crippen molar-refractivity contribution in [3.05, 3.63) is 66.6 Å². The second kappa shape index (κ2) is 9.58. The first-order valence-corrected chi connectivity index (χ1v) is 7.75. The summed E-state index contributed by atoms with van der Waals surface area (Å²) < 4.78 is 1.26. The van der Waals surface area contributed by atoms with Gasteiger partial charge in [-0.25, -0.2) is 11.3 Å². The number of pyridine rings is 1. The van der Waals surface area contributed by atoms with E-state index in [1.807, 2.05) is 30.5 Å². The van der Waals surface area contributed by atoms with E-state index < -0.39 is 6.10 Å². The van der Waals surface area contributed by atoms with Gasteiger partial charge in [0, 0.05) is 32.0 Å². The molecule has 0 unspecified atom stereocenters. The zero-order valence-corrected chi connectivity index (χ0v) is 16.1. The fourth-order valence-corrected chi connectivity index (χ4v) is 2.86. The fraction of sp³-hybridized carbons (Fsp3) is 0.167. The summed E-state index contributed by atoms with van der Waals surface area (Å²) in [6.45, 7) is 3.10. The van der Waals surface area contributed by atoms with Crippen molar-refractivity contribution in [3.8, 4) is 10.6 Å². The Labute approximate surface area is 153 Å². The summed E-state index contributed by atoms with van der Waals surface area (Å²) in [4.78, 5) is 5.43. The van der Waals surface area contributed by atoms with E-state index in [4.69, 9.17) is 10.2 Å². The number of aromatic nitrogens is 1. The van der Waals surface area contributed by atoms with Gasteiger partial charge in [-0.05, 0) is 35.6 Å². The number of allylic oxidation sites excluding steroid dienone is 1. The number of fused-ring (bicyclic) bond motifs is 1. The van der Waals surface area contributed by atoms with Gasteiger partial charge in [-0.3, -0.25) is 0 Å². The maximum Gasteiger partial charge on any atom is 0.0877 e. The Morgan fingerprint density at radius 1 is 1.22 bits per heavy atom. The summed E-state index contributed by atoms with van der Waals surface area (Å²) >= 11 is 1.73. The summed E-state index contributed by atoms with van der Waals surface area (Å²) in [5.41, 5.74) is 0.999. The van der Waals surface area contributed by atoms with Crippen molar-refractivity contribution in [1.29, 1.82) is 0 Å². The number of rotatable bonds is 2. The van der Waals surface area contributed by atoms with Crippen molar-refractivity contribution in [2.75, 3.05) is 0 Å². The minimum atomic E-state index is -0.537. The number of aliphatic hydroxyl groups excluding tert-OH is 2. The first-order chi connectivity index (χ1) is 10.6. The molecule has 123 valence electrons. The second-order valence-corrected chi connectivity index (χ2v) is 5.87. The molecule has 0 aliphatic heterocycles.